The van der Waals surface area contributed by atoms with Crippen LogP contribution in [0.25, 0.3) is 22.3 Å². The van der Waals surface area contributed by atoms with E-state index in [1.54, 1.807) is 7.11 Å². The fourth-order valence-corrected chi connectivity index (χ4v) is 3.25. The molecule has 0 fully saturated rings. The van der Waals surface area contributed by atoms with Crippen molar-refractivity contribution >= 4 is 11.0 Å². The Labute approximate surface area is 118 Å². The second-order valence-electron chi connectivity index (χ2n) is 5.25. The van der Waals surface area contributed by atoms with Gasteiger partial charge in [-0.15, -0.1) is 0 Å². The fraction of sp³-hybridized carbons (Fsp3) is 0.222. The van der Waals surface area contributed by atoms with Crippen molar-refractivity contribution in [1.29, 1.82) is 0 Å². The predicted octanol–water partition coefficient (Wildman–Crippen LogP) is 4.60. The Morgan fingerprint density at radius 3 is 2.55 bits per heavy atom. The van der Waals surface area contributed by atoms with Crippen LogP contribution in [0.5, 0.6) is 5.75 Å². The standard InChI is InChI=1S/C18H16O2/c1-19-15-10-11-16-17-13(15)8-5-9-14(17)18(20-16)12-6-3-2-4-7-12/h2-4,6-7,10-11H,5,8-9H2,1H3. The van der Waals surface area contributed by atoms with Gasteiger partial charge >= 0.3 is 0 Å². The van der Waals surface area contributed by atoms with Gasteiger partial charge in [-0.1, -0.05) is 30.3 Å². The summed E-state index contributed by atoms with van der Waals surface area (Å²) in [5, 5.41) is 1.27. The second-order valence-corrected chi connectivity index (χ2v) is 5.25. The summed E-state index contributed by atoms with van der Waals surface area (Å²) in [6.07, 6.45) is 3.31. The quantitative estimate of drug-likeness (QED) is 0.675. The molecule has 0 N–H and O–H groups in total. The highest BCUT2D eigenvalue weighted by Gasteiger charge is 2.23. The van der Waals surface area contributed by atoms with Crippen LogP contribution in [0, 0.1) is 0 Å². The zero-order valence-electron chi connectivity index (χ0n) is 11.5. The molecule has 0 aliphatic heterocycles. The number of hydrogen-bond donors (Lipinski definition) is 0. The van der Waals surface area contributed by atoms with Gasteiger partial charge in [-0.2, -0.15) is 0 Å². The molecule has 1 aliphatic rings. The molecule has 0 amide bonds. The topological polar surface area (TPSA) is 22.4 Å². The lowest BCUT2D eigenvalue weighted by Gasteiger charge is -2.15. The second kappa shape index (κ2) is 4.41. The number of ether oxygens (including phenoxy) is 1. The van der Waals surface area contributed by atoms with Crippen molar-refractivity contribution in [2.75, 3.05) is 7.11 Å². The number of hydrogen-bond acceptors (Lipinski definition) is 2. The third kappa shape index (κ3) is 1.58. The van der Waals surface area contributed by atoms with E-state index < -0.39 is 0 Å². The van der Waals surface area contributed by atoms with Crippen LogP contribution in [0.15, 0.2) is 46.9 Å². The van der Waals surface area contributed by atoms with Crippen molar-refractivity contribution in [3.05, 3.63) is 53.6 Å². The lowest BCUT2D eigenvalue weighted by Crippen LogP contribution is -2.01. The Morgan fingerprint density at radius 2 is 1.75 bits per heavy atom. The molecule has 0 spiro atoms. The molecule has 100 valence electrons. The highest BCUT2D eigenvalue weighted by atomic mass is 16.5. The number of furan rings is 1. The maximum Gasteiger partial charge on any atom is 0.138 e. The molecule has 20 heavy (non-hydrogen) atoms. The molecule has 3 aromatic rings. The third-order valence-corrected chi connectivity index (χ3v) is 4.13. The van der Waals surface area contributed by atoms with Crippen molar-refractivity contribution in [3.63, 3.8) is 0 Å². The monoisotopic (exact) mass is 264 g/mol. The maximum atomic E-state index is 6.14. The van der Waals surface area contributed by atoms with Crippen LogP contribution in [0.3, 0.4) is 0 Å². The van der Waals surface area contributed by atoms with Crippen LogP contribution in [-0.4, -0.2) is 7.11 Å². The average Bonchev–Trinajstić information content (AvgIpc) is 2.90. The van der Waals surface area contributed by atoms with Crippen LogP contribution in [0.1, 0.15) is 17.5 Å². The average molecular weight is 264 g/mol. The molecule has 2 heteroatoms. The van der Waals surface area contributed by atoms with Crippen molar-refractivity contribution in [2.45, 2.75) is 19.3 Å². The first kappa shape index (κ1) is 11.6. The van der Waals surface area contributed by atoms with E-state index in [9.17, 15) is 0 Å². The molecule has 0 saturated carbocycles. The minimum atomic E-state index is 0.981. The lowest BCUT2D eigenvalue weighted by atomic mass is 9.90. The summed E-state index contributed by atoms with van der Waals surface area (Å²) < 4.78 is 11.6. The molecule has 4 rings (SSSR count). The van der Waals surface area contributed by atoms with Gasteiger partial charge in [0.15, 0.2) is 0 Å². The summed E-state index contributed by atoms with van der Waals surface area (Å²) >= 11 is 0. The predicted molar refractivity (Wildman–Crippen MR) is 80.2 cm³/mol. The molecule has 1 aliphatic carbocycles. The zero-order chi connectivity index (χ0) is 13.5. The highest BCUT2D eigenvalue weighted by Crippen LogP contribution is 2.42. The van der Waals surface area contributed by atoms with E-state index in [4.69, 9.17) is 9.15 Å². The van der Waals surface area contributed by atoms with Crippen LogP contribution in [-0.2, 0) is 12.8 Å². The van der Waals surface area contributed by atoms with E-state index in [0.29, 0.717) is 0 Å². The van der Waals surface area contributed by atoms with E-state index in [1.807, 2.05) is 18.2 Å². The first-order valence-corrected chi connectivity index (χ1v) is 7.05. The van der Waals surface area contributed by atoms with E-state index >= 15 is 0 Å². The zero-order valence-corrected chi connectivity index (χ0v) is 11.5. The van der Waals surface area contributed by atoms with Gasteiger partial charge in [0.05, 0.1) is 7.11 Å². The highest BCUT2D eigenvalue weighted by molar-refractivity contribution is 5.93. The molecule has 2 nitrogen and oxygen atoms in total. The van der Waals surface area contributed by atoms with E-state index in [0.717, 1.165) is 41.9 Å². The maximum absolute atomic E-state index is 6.14. The van der Waals surface area contributed by atoms with Gasteiger partial charge < -0.3 is 9.15 Å². The molecule has 0 atom stereocenters. The minimum absolute atomic E-state index is 0.981. The molecule has 2 aromatic carbocycles. The van der Waals surface area contributed by atoms with Crippen LogP contribution >= 0.6 is 0 Å². The lowest BCUT2D eigenvalue weighted by molar-refractivity contribution is 0.409. The van der Waals surface area contributed by atoms with Gasteiger partial charge in [0.2, 0.25) is 0 Å². The molecule has 0 radical (unpaired) electrons. The normalized spacial score (nSPS) is 13.7. The third-order valence-electron chi connectivity index (χ3n) is 4.13. The van der Waals surface area contributed by atoms with E-state index in [-0.39, 0.29) is 0 Å². The summed E-state index contributed by atoms with van der Waals surface area (Å²) in [6, 6.07) is 14.4. The Balaban J connectivity index is 2.04. The van der Waals surface area contributed by atoms with E-state index in [2.05, 4.69) is 24.3 Å². The largest absolute Gasteiger partial charge is 0.496 e. The summed E-state index contributed by atoms with van der Waals surface area (Å²) in [7, 11) is 1.74. The van der Waals surface area contributed by atoms with Crippen LogP contribution < -0.4 is 4.74 Å². The summed E-state index contributed by atoms with van der Waals surface area (Å²) in [5.74, 6) is 2.01. The fourth-order valence-electron chi connectivity index (χ4n) is 3.25. The number of aryl methyl sites for hydroxylation is 2. The van der Waals surface area contributed by atoms with Gasteiger partial charge in [0.25, 0.3) is 0 Å². The SMILES string of the molecule is COc1ccc2oc(-c3ccccc3)c3c2c1CCC3. The van der Waals surface area contributed by atoms with Gasteiger partial charge in [0, 0.05) is 22.1 Å². The molecule has 1 aromatic heterocycles. The molecule has 0 unspecified atom stereocenters. The van der Waals surface area contributed by atoms with Crippen molar-refractivity contribution < 1.29 is 9.15 Å². The van der Waals surface area contributed by atoms with Gasteiger partial charge in [-0.05, 0) is 31.4 Å². The Bertz CT molecular complexity index is 769. The smallest absolute Gasteiger partial charge is 0.138 e. The van der Waals surface area contributed by atoms with Crippen molar-refractivity contribution in [3.8, 4) is 17.1 Å². The summed E-state index contributed by atoms with van der Waals surface area (Å²) in [5.41, 5.74) is 4.78. The molecule has 0 bridgehead atoms. The molecular formula is C18H16O2. The number of benzene rings is 2. The Hall–Kier alpha value is -2.22. The first-order valence-electron chi connectivity index (χ1n) is 7.05. The summed E-state index contributed by atoms with van der Waals surface area (Å²) in [6.45, 7) is 0. The van der Waals surface area contributed by atoms with Gasteiger partial charge in [0.1, 0.15) is 17.1 Å². The van der Waals surface area contributed by atoms with Gasteiger partial charge in [-0.25, -0.2) is 0 Å². The van der Waals surface area contributed by atoms with Crippen LogP contribution in [0.2, 0.25) is 0 Å². The molecule has 1 heterocycles. The minimum Gasteiger partial charge on any atom is -0.496 e. The van der Waals surface area contributed by atoms with Crippen molar-refractivity contribution in [1.82, 2.24) is 0 Å². The number of methoxy groups -OCH3 is 1. The van der Waals surface area contributed by atoms with Crippen LogP contribution in [0.4, 0.5) is 0 Å². The number of rotatable bonds is 2. The Kier molecular flexibility index (Phi) is 2.56. The van der Waals surface area contributed by atoms with E-state index in [1.165, 1.54) is 16.5 Å². The van der Waals surface area contributed by atoms with Crippen molar-refractivity contribution in [2.24, 2.45) is 0 Å². The molecular weight excluding hydrogens is 248 g/mol. The summed E-state index contributed by atoms with van der Waals surface area (Å²) in [4.78, 5) is 0. The first-order chi connectivity index (χ1) is 9.88. The Morgan fingerprint density at radius 1 is 0.950 bits per heavy atom. The van der Waals surface area contributed by atoms with Gasteiger partial charge in [-0.3, -0.25) is 0 Å². The molecule has 0 saturated heterocycles.